The minimum atomic E-state index is -0.237. The molecule has 0 heterocycles. The van der Waals surface area contributed by atoms with Crippen molar-refractivity contribution in [2.45, 2.75) is 13.3 Å². The number of carbonyl (C=O) groups excluding carboxylic acids is 2. The summed E-state index contributed by atoms with van der Waals surface area (Å²) in [5, 5.41) is 2.79. The number of likely N-dealkylation sites (N-methyl/N-ethyl adjacent to an activating group) is 1. The molecule has 2 rings (SSSR count). The van der Waals surface area contributed by atoms with E-state index in [2.05, 4.69) is 21.2 Å². The van der Waals surface area contributed by atoms with Crippen LogP contribution in [0.3, 0.4) is 0 Å². The average molecular weight is 405 g/mol. The van der Waals surface area contributed by atoms with Crippen molar-refractivity contribution >= 4 is 33.4 Å². The molecule has 1 N–H and O–H groups in total. The zero-order valence-electron chi connectivity index (χ0n) is 14.3. The molecule has 0 fully saturated rings. The van der Waals surface area contributed by atoms with Crippen LogP contribution < -0.4 is 10.1 Å². The molecule has 25 heavy (non-hydrogen) atoms. The zero-order chi connectivity index (χ0) is 18.2. The number of hydrogen-bond donors (Lipinski definition) is 1. The van der Waals surface area contributed by atoms with Crippen LogP contribution in [0.1, 0.15) is 12.5 Å². The summed E-state index contributed by atoms with van der Waals surface area (Å²) in [5.74, 6) is 0.348. The van der Waals surface area contributed by atoms with Gasteiger partial charge in [-0.15, -0.1) is 0 Å². The maximum absolute atomic E-state index is 12.4. The van der Waals surface area contributed by atoms with E-state index in [1.807, 2.05) is 31.2 Å². The van der Waals surface area contributed by atoms with Gasteiger partial charge < -0.3 is 15.0 Å². The van der Waals surface area contributed by atoms with E-state index in [0.29, 0.717) is 18.0 Å². The van der Waals surface area contributed by atoms with E-state index in [4.69, 9.17) is 4.74 Å². The van der Waals surface area contributed by atoms with Crippen molar-refractivity contribution in [3.8, 4) is 5.75 Å². The highest BCUT2D eigenvalue weighted by atomic mass is 79.9. The molecule has 0 unspecified atom stereocenters. The summed E-state index contributed by atoms with van der Waals surface area (Å²) >= 11 is 3.37. The lowest BCUT2D eigenvalue weighted by atomic mass is 10.1. The van der Waals surface area contributed by atoms with Crippen LogP contribution >= 0.6 is 15.9 Å². The Balaban J connectivity index is 1.94. The van der Waals surface area contributed by atoms with Gasteiger partial charge in [0.05, 0.1) is 20.1 Å². The number of rotatable bonds is 7. The Labute approximate surface area is 156 Å². The van der Waals surface area contributed by atoms with Gasteiger partial charge >= 0.3 is 0 Å². The number of methoxy groups -OCH3 is 1. The van der Waals surface area contributed by atoms with E-state index in [1.54, 1.807) is 31.4 Å². The first-order chi connectivity index (χ1) is 12.0. The van der Waals surface area contributed by atoms with E-state index in [1.165, 1.54) is 4.90 Å². The molecule has 0 atom stereocenters. The summed E-state index contributed by atoms with van der Waals surface area (Å²) in [6.07, 6.45) is 0.271. The number of carbonyl (C=O) groups is 2. The predicted molar refractivity (Wildman–Crippen MR) is 102 cm³/mol. The lowest BCUT2D eigenvalue weighted by molar-refractivity contribution is -0.133. The number of amides is 2. The van der Waals surface area contributed by atoms with Gasteiger partial charge in [-0.2, -0.15) is 0 Å². The molecule has 0 radical (unpaired) electrons. The monoisotopic (exact) mass is 404 g/mol. The van der Waals surface area contributed by atoms with Crippen molar-refractivity contribution < 1.29 is 14.3 Å². The van der Waals surface area contributed by atoms with Crippen molar-refractivity contribution in [2.24, 2.45) is 0 Å². The molecule has 132 valence electrons. The average Bonchev–Trinajstić information content (AvgIpc) is 2.61. The third-order valence-corrected chi connectivity index (χ3v) is 4.22. The molecule has 2 aromatic rings. The quantitative estimate of drug-likeness (QED) is 0.768. The molecular formula is C19H21BrN2O3. The van der Waals surface area contributed by atoms with Gasteiger partial charge in [-0.3, -0.25) is 9.59 Å². The summed E-state index contributed by atoms with van der Waals surface area (Å²) < 4.78 is 6.10. The van der Waals surface area contributed by atoms with E-state index < -0.39 is 0 Å². The minimum absolute atomic E-state index is 0.0169. The number of benzene rings is 2. The highest BCUT2D eigenvalue weighted by Crippen LogP contribution is 2.16. The van der Waals surface area contributed by atoms with Gasteiger partial charge in [0, 0.05) is 22.8 Å². The minimum Gasteiger partial charge on any atom is -0.497 e. The molecule has 0 aliphatic carbocycles. The van der Waals surface area contributed by atoms with Crippen LogP contribution in [0.15, 0.2) is 53.0 Å². The molecule has 5 nitrogen and oxygen atoms in total. The standard InChI is InChI=1S/C19H21BrN2O3/c1-3-22(19(24)11-14-7-9-15(20)10-8-14)13-18(23)21-16-5-4-6-17(12-16)25-2/h4-10,12H,3,11,13H2,1-2H3,(H,21,23). The number of nitrogens with zero attached hydrogens (tertiary/aromatic N) is 1. The molecule has 0 aliphatic heterocycles. The fourth-order valence-corrected chi connectivity index (χ4v) is 2.60. The van der Waals surface area contributed by atoms with Crippen molar-refractivity contribution in [2.75, 3.05) is 25.5 Å². The van der Waals surface area contributed by atoms with Crippen LogP contribution in [0.4, 0.5) is 5.69 Å². The molecule has 2 amide bonds. The van der Waals surface area contributed by atoms with Crippen LogP contribution in [0.2, 0.25) is 0 Å². The Morgan fingerprint density at radius 1 is 1.16 bits per heavy atom. The second-order valence-electron chi connectivity index (χ2n) is 5.49. The Morgan fingerprint density at radius 3 is 2.52 bits per heavy atom. The lowest BCUT2D eigenvalue weighted by Crippen LogP contribution is -2.38. The summed E-state index contributed by atoms with van der Waals surface area (Å²) in [5.41, 5.74) is 1.56. The highest BCUT2D eigenvalue weighted by Gasteiger charge is 2.16. The first-order valence-electron chi connectivity index (χ1n) is 7.98. The Bertz CT molecular complexity index is 732. The fraction of sp³-hybridized carbons (Fsp3) is 0.263. The van der Waals surface area contributed by atoms with Crippen molar-refractivity contribution in [1.82, 2.24) is 4.90 Å². The highest BCUT2D eigenvalue weighted by molar-refractivity contribution is 9.10. The van der Waals surface area contributed by atoms with E-state index >= 15 is 0 Å². The Hall–Kier alpha value is -2.34. The van der Waals surface area contributed by atoms with Crippen LogP contribution in [0, 0.1) is 0 Å². The predicted octanol–water partition coefficient (Wildman–Crippen LogP) is 3.49. The summed E-state index contributed by atoms with van der Waals surface area (Å²) in [4.78, 5) is 26.2. The van der Waals surface area contributed by atoms with Gasteiger partial charge in [0.25, 0.3) is 0 Å². The zero-order valence-corrected chi connectivity index (χ0v) is 15.9. The molecule has 0 aliphatic rings. The lowest BCUT2D eigenvalue weighted by Gasteiger charge is -2.20. The normalized spacial score (nSPS) is 10.2. The Morgan fingerprint density at radius 2 is 1.88 bits per heavy atom. The first-order valence-corrected chi connectivity index (χ1v) is 8.77. The molecule has 0 spiro atoms. The largest absolute Gasteiger partial charge is 0.497 e. The third kappa shape index (κ3) is 5.90. The second kappa shape index (κ2) is 9.22. The molecule has 0 bridgehead atoms. The van der Waals surface area contributed by atoms with E-state index in [9.17, 15) is 9.59 Å². The number of anilines is 1. The summed E-state index contributed by atoms with van der Waals surface area (Å²) in [6, 6.07) is 14.7. The molecule has 0 saturated heterocycles. The van der Waals surface area contributed by atoms with Crippen molar-refractivity contribution in [3.63, 3.8) is 0 Å². The third-order valence-electron chi connectivity index (χ3n) is 3.69. The van der Waals surface area contributed by atoms with Crippen LogP contribution in [-0.2, 0) is 16.0 Å². The first kappa shape index (κ1) is 19.0. The number of ether oxygens (including phenoxy) is 1. The fourth-order valence-electron chi connectivity index (χ4n) is 2.34. The topological polar surface area (TPSA) is 58.6 Å². The maximum atomic E-state index is 12.4. The van der Waals surface area contributed by atoms with Gasteiger partial charge in [-0.25, -0.2) is 0 Å². The number of hydrogen-bond acceptors (Lipinski definition) is 3. The van der Waals surface area contributed by atoms with Gasteiger partial charge in [0.15, 0.2) is 0 Å². The van der Waals surface area contributed by atoms with E-state index in [-0.39, 0.29) is 24.8 Å². The smallest absolute Gasteiger partial charge is 0.243 e. The molecule has 6 heteroatoms. The summed E-state index contributed by atoms with van der Waals surface area (Å²) in [7, 11) is 1.57. The van der Waals surface area contributed by atoms with Gasteiger partial charge in [0.2, 0.25) is 11.8 Å². The molecule has 0 aromatic heterocycles. The second-order valence-corrected chi connectivity index (χ2v) is 6.41. The SMILES string of the molecule is CCN(CC(=O)Nc1cccc(OC)c1)C(=O)Cc1ccc(Br)cc1. The van der Waals surface area contributed by atoms with Crippen molar-refractivity contribution in [1.29, 1.82) is 0 Å². The van der Waals surface area contributed by atoms with Gasteiger partial charge in [-0.05, 0) is 36.8 Å². The molecule has 0 saturated carbocycles. The van der Waals surface area contributed by atoms with Crippen LogP contribution in [-0.4, -0.2) is 36.9 Å². The van der Waals surface area contributed by atoms with Gasteiger partial charge in [-0.1, -0.05) is 34.1 Å². The molecule has 2 aromatic carbocycles. The number of nitrogens with one attached hydrogen (secondary N) is 1. The molecular weight excluding hydrogens is 384 g/mol. The van der Waals surface area contributed by atoms with Crippen LogP contribution in [0.5, 0.6) is 5.75 Å². The van der Waals surface area contributed by atoms with E-state index in [0.717, 1.165) is 10.0 Å². The number of halogens is 1. The Kier molecular flexibility index (Phi) is 7.01. The maximum Gasteiger partial charge on any atom is 0.243 e. The van der Waals surface area contributed by atoms with Crippen LogP contribution in [0.25, 0.3) is 0 Å². The summed E-state index contributed by atoms with van der Waals surface area (Å²) in [6.45, 7) is 2.35. The van der Waals surface area contributed by atoms with Gasteiger partial charge in [0.1, 0.15) is 5.75 Å². The van der Waals surface area contributed by atoms with Crippen molar-refractivity contribution in [3.05, 3.63) is 58.6 Å².